The summed E-state index contributed by atoms with van der Waals surface area (Å²) in [6.07, 6.45) is -2.50. The van der Waals surface area contributed by atoms with Gasteiger partial charge in [-0.15, -0.1) is 0 Å². The molecule has 2 N–H and O–H groups in total. The van der Waals surface area contributed by atoms with Gasteiger partial charge >= 0.3 is 6.18 Å². The van der Waals surface area contributed by atoms with Crippen molar-refractivity contribution in [1.29, 1.82) is 0 Å². The highest BCUT2D eigenvalue weighted by molar-refractivity contribution is 4.89. The molecule has 1 aliphatic rings. The van der Waals surface area contributed by atoms with Crippen LogP contribution in [0.2, 0.25) is 0 Å². The van der Waals surface area contributed by atoms with Crippen molar-refractivity contribution in [3.05, 3.63) is 0 Å². The minimum atomic E-state index is -4.24. The zero-order valence-electron chi connectivity index (χ0n) is 12.0. The predicted octanol–water partition coefficient (Wildman–Crippen LogP) is 1.25. The Hall–Kier alpha value is -0.370. The predicted molar refractivity (Wildman–Crippen MR) is 70.6 cm³/mol. The van der Waals surface area contributed by atoms with Crippen molar-refractivity contribution in [2.45, 2.75) is 25.9 Å². The van der Waals surface area contributed by atoms with Gasteiger partial charge < -0.3 is 15.2 Å². The van der Waals surface area contributed by atoms with Crippen molar-refractivity contribution < 1.29 is 23.0 Å². The number of halogens is 3. The third-order valence-electron chi connectivity index (χ3n) is 3.49. The molecule has 0 bridgehead atoms. The molecule has 0 saturated carbocycles. The lowest BCUT2D eigenvalue weighted by molar-refractivity contribution is -0.150. The van der Waals surface area contributed by atoms with E-state index in [-0.39, 0.29) is 18.6 Å². The molecule has 1 fully saturated rings. The maximum atomic E-state index is 12.6. The Balaban J connectivity index is 2.60. The van der Waals surface area contributed by atoms with Gasteiger partial charge in [0.15, 0.2) is 0 Å². The Kier molecular flexibility index (Phi) is 7.22. The number of hydrogen-bond acceptors (Lipinski definition) is 4. The van der Waals surface area contributed by atoms with Crippen LogP contribution in [0.4, 0.5) is 13.2 Å². The second kappa shape index (κ2) is 8.17. The van der Waals surface area contributed by atoms with Crippen molar-refractivity contribution in [1.82, 2.24) is 10.2 Å². The number of nitrogens with one attached hydrogen (secondary N) is 1. The van der Waals surface area contributed by atoms with Crippen LogP contribution >= 0.6 is 0 Å². The number of alkyl halides is 3. The summed E-state index contributed by atoms with van der Waals surface area (Å²) in [6, 6.07) is 0. The molecule has 4 nitrogen and oxygen atoms in total. The molecule has 1 aliphatic heterocycles. The number of hydrogen-bond donors (Lipinski definition) is 2. The van der Waals surface area contributed by atoms with Crippen LogP contribution in [0.5, 0.6) is 0 Å². The molecule has 7 heteroatoms. The molecule has 0 aliphatic carbocycles. The van der Waals surface area contributed by atoms with Crippen molar-refractivity contribution >= 4 is 0 Å². The summed E-state index contributed by atoms with van der Waals surface area (Å²) in [5.74, 6) is 0. The van der Waals surface area contributed by atoms with E-state index in [1.807, 2.05) is 6.92 Å². The largest absolute Gasteiger partial charge is 0.401 e. The summed E-state index contributed by atoms with van der Waals surface area (Å²) < 4.78 is 43.1. The summed E-state index contributed by atoms with van der Waals surface area (Å²) in [4.78, 5) is 1.28. The highest BCUT2D eigenvalue weighted by Crippen LogP contribution is 2.30. The Labute approximate surface area is 118 Å². The fraction of sp³-hybridized carbons (Fsp3) is 1.00. The standard InChI is InChI=1S/C13H25F3N2O2/c1-2-4-17-8-12(3-7-20-11-12)9-18(5-6-19)10-13(14,15)16/h17,19H,2-11H2,1H3. The van der Waals surface area contributed by atoms with Gasteiger partial charge in [-0.05, 0) is 19.4 Å². The molecule has 0 spiro atoms. The maximum absolute atomic E-state index is 12.6. The van der Waals surface area contributed by atoms with Gasteiger partial charge in [0.05, 0.1) is 19.8 Å². The second-order valence-electron chi connectivity index (χ2n) is 5.53. The monoisotopic (exact) mass is 298 g/mol. The van der Waals surface area contributed by atoms with Crippen LogP contribution in [0.3, 0.4) is 0 Å². The van der Waals surface area contributed by atoms with E-state index < -0.39 is 12.7 Å². The Bertz CT molecular complexity index is 269. The van der Waals surface area contributed by atoms with E-state index in [0.717, 1.165) is 19.4 Å². The molecule has 1 atom stereocenters. The van der Waals surface area contributed by atoms with Gasteiger partial charge in [0.2, 0.25) is 0 Å². The minimum Gasteiger partial charge on any atom is -0.395 e. The molecule has 0 aromatic carbocycles. The maximum Gasteiger partial charge on any atom is 0.401 e. The van der Waals surface area contributed by atoms with E-state index in [0.29, 0.717) is 26.3 Å². The van der Waals surface area contributed by atoms with Crippen LogP contribution in [0.15, 0.2) is 0 Å². The number of ether oxygens (including phenoxy) is 1. The van der Waals surface area contributed by atoms with E-state index in [9.17, 15) is 13.2 Å². The minimum absolute atomic E-state index is 0.0367. The number of rotatable bonds is 9. The Morgan fingerprint density at radius 3 is 2.65 bits per heavy atom. The summed E-state index contributed by atoms with van der Waals surface area (Å²) >= 11 is 0. The van der Waals surface area contributed by atoms with E-state index in [4.69, 9.17) is 9.84 Å². The first-order chi connectivity index (χ1) is 9.41. The first kappa shape index (κ1) is 17.7. The SMILES string of the molecule is CCCNCC1(CN(CCO)CC(F)(F)F)CCOC1. The highest BCUT2D eigenvalue weighted by atomic mass is 19.4. The van der Waals surface area contributed by atoms with E-state index in [1.165, 1.54) is 4.90 Å². The molecule has 120 valence electrons. The normalized spacial score (nSPS) is 23.7. The number of aliphatic hydroxyl groups is 1. The zero-order chi connectivity index (χ0) is 15.1. The molecule has 0 aromatic rings. The number of aliphatic hydroxyl groups excluding tert-OH is 1. The van der Waals surface area contributed by atoms with Crippen LogP contribution in [0.1, 0.15) is 19.8 Å². The molecular formula is C13H25F3N2O2. The fourth-order valence-electron chi connectivity index (χ4n) is 2.58. The van der Waals surface area contributed by atoms with Crippen molar-refractivity contribution in [3.63, 3.8) is 0 Å². The Morgan fingerprint density at radius 1 is 1.40 bits per heavy atom. The van der Waals surface area contributed by atoms with Gasteiger partial charge in [-0.25, -0.2) is 0 Å². The third kappa shape index (κ3) is 6.39. The second-order valence-corrected chi connectivity index (χ2v) is 5.53. The lowest BCUT2D eigenvalue weighted by Gasteiger charge is -2.34. The Morgan fingerprint density at radius 2 is 2.15 bits per heavy atom. The van der Waals surface area contributed by atoms with E-state index in [1.54, 1.807) is 0 Å². The van der Waals surface area contributed by atoms with Gasteiger partial charge in [0.25, 0.3) is 0 Å². The van der Waals surface area contributed by atoms with E-state index in [2.05, 4.69) is 5.32 Å². The first-order valence-corrected chi connectivity index (χ1v) is 7.09. The van der Waals surface area contributed by atoms with Gasteiger partial charge in [-0.1, -0.05) is 6.92 Å². The average Bonchev–Trinajstić information content (AvgIpc) is 2.76. The molecular weight excluding hydrogens is 273 g/mol. The smallest absolute Gasteiger partial charge is 0.395 e. The van der Waals surface area contributed by atoms with Crippen LogP contribution in [0, 0.1) is 5.41 Å². The van der Waals surface area contributed by atoms with Gasteiger partial charge in [-0.2, -0.15) is 13.2 Å². The quantitative estimate of drug-likeness (QED) is 0.629. The van der Waals surface area contributed by atoms with Crippen LogP contribution < -0.4 is 5.32 Å². The molecule has 1 unspecified atom stereocenters. The van der Waals surface area contributed by atoms with Crippen molar-refractivity contribution in [3.8, 4) is 0 Å². The summed E-state index contributed by atoms with van der Waals surface area (Å²) in [7, 11) is 0. The fourth-order valence-corrected chi connectivity index (χ4v) is 2.58. The highest BCUT2D eigenvalue weighted by Gasteiger charge is 2.39. The average molecular weight is 298 g/mol. The molecule has 0 aromatic heterocycles. The lowest BCUT2D eigenvalue weighted by atomic mass is 9.86. The van der Waals surface area contributed by atoms with Gasteiger partial charge in [-0.3, -0.25) is 4.90 Å². The number of nitrogens with zero attached hydrogens (tertiary/aromatic N) is 1. The summed E-state index contributed by atoms with van der Waals surface area (Å²) in [5.41, 5.74) is -0.282. The van der Waals surface area contributed by atoms with E-state index >= 15 is 0 Å². The summed E-state index contributed by atoms with van der Waals surface area (Å²) in [6.45, 7) is 3.70. The van der Waals surface area contributed by atoms with Crippen molar-refractivity contribution in [2.24, 2.45) is 5.41 Å². The molecule has 20 heavy (non-hydrogen) atoms. The summed E-state index contributed by atoms with van der Waals surface area (Å²) in [5, 5.41) is 12.2. The first-order valence-electron chi connectivity index (χ1n) is 7.09. The van der Waals surface area contributed by atoms with Crippen LogP contribution in [0.25, 0.3) is 0 Å². The van der Waals surface area contributed by atoms with Crippen molar-refractivity contribution in [2.75, 3.05) is 52.5 Å². The molecule has 1 heterocycles. The molecule has 1 saturated heterocycles. The lowest BCUT2D eigenvalue weighted by Crippen LogP contribution is -2.48. The van der Waals surface area contributed by atoms with Gasteiger partial charge in [0.1, 0.15) is 0 Å². The van der Waals surface area contributed by atoms with Crippen LogP contribution in [-0.4, -0.2) is 68.7 Å². The van der Waals surface area contributed by atoms with Gasteiger partial charge in [0, 0.05) is 31.7 Å². The molecule has 0 amide bonds. The topological polar surface area (TPSA) is 44.7 Å². The molecule has 0 radical (unpaired) electrons. The molecule has 1 rings (SSSR count). The third-order valence-corrected chi connectivity index (χ3v) is 3.49. The zero-order valence-corrected chi connectivity index (χ0v) is 12.0. The van der Waals surface area contributed by atoms with Crippen LogP contribution in [-0.2, 0) is 4.74 Å².